The van der Waals surface area contributed by atoms with Gasteiger partial charge in [0.15, 0.2) is 11.5 Å². The smallest absolute Gasteiger partial charge is 0.163 e. The summed E-state index contributed by atoms with van der Waals surface area (Å²) in [4.78, 5) is 15.8. The van der Waals surface area contributed by atoms with Gasteiger partial charge >= 0.3 is 0 Å². The molecule has 0 radical (unpaired) electrons. The Labute approximate surface area is 184 Å². The Balaban J connectivity index is 1.33. The molecule has 0 amide bonds. The second kappa shape index (κ2) is 8.23. The maximum atomic E-state index is 13.5. The molecule has 4 aromatic rings. The fraction of sp³-hybridized carbons (Fsp3) is 0.304. The van der Waals surface area contributed by atoms with Gasteiger partial charge in [0, 0.05) is 43.0 Å². The number of rotatable bonds is 4. The molecule has 0 spiro atoms. The predicted molar refractivity (Wildman–Crippen MR) is 119 cm³/mol. The molecule has 1 aliphatic heterocycles. The van der Waals surface area contributed by atoms with Crippen molar-refractivity contribution in [1.82, 2.24) is 24.6 Å². The van der Waals surface area contributed by atoms with E-state index in [1.54, 1.807) is 10.6 Å². The van der Waals surface area contributed by atoms with Crippen LogP contribution in [0, 0.1) is 18.7 Å². The second-order valence-electron chi connectivity index (χ2n) is 7.94. The Morgan fingerprint density at radius 3 is 2.71 bits per heavy atom. The fourth-order valence-corrected chi connectivity index (χ4v) is 4.47. The number of pyridine rings is 1. The maximum Gasteiger partial charge on any atom is 0.163 e. The highest BCUT2D eigenvalue weighted by molar-refractivity contribution is 6.33. The highest BCUT2D eigenvalue weighted by atomic mass is 35.5. The highest BCUT2D eigenvalue weighted by Gasteiger charge is 2.22. The van der Waals surface area contributed by atoms with Crippen LogP contribution in [0.1, 0.15) is 24.5 Å². The molecule has 31 heavy (non-hydrogen) atoms. The van der Waals surface area contributed by atoms with Gasteiger partial charge in [-0.2, -0.15) is 5.10 Å². The summed E-state index contributed by atoms with van der Waals surface area (Å²) in [5, 5.41) is 5.05. The zero-order valence-electron chi connectivity index (χ0n) is 17.2. The van der Waals surface area contributed by atoms with E-state index < -0.39 is 0 Å². The molecule has 0 unspecified atom stereocenters. The summed E-state index contributed by atoms with van der Waals surface area (Å²) in [6.45, 7) is 3.84. The van der Waals surface area contributed by atoms with E-state index in [0.29, 0.717) is 10.9 Å². The van der Waals surface area contributed by atoms with Gasteiger partial charge in [0.1, 0.15) is 17.5 Å². The lowest BCUT2D eigenvalue weighted by Crippen LogP contribution is -2.35. The molecule has 1 saturated heterocycles. The second-order valence-corrected chi connectivity index (χ2v) is 8.35. The Kier molecular flexibility index (Phi) is 5.28. The molecule has 3 aromatic heterocycles. The third kappa shape index (κ3) is 4.10. The summed E-state index contributed by atoms with van der Waals surface area (Å²) in [6.07, 6.45) is 6.65. The van der Waals surface area contributed by atoms with Crippen LogP contribution in [0.3, 0.4) is 0 Å². The molecule has 0 N–H and O–H groups in total. The van der Waals surface area contributed by atoms with Gasteiger partial charge in [0.2, 0.25) is 0 Å². The fourth-order valence-electron chi connectivity index (χ4n) is 4.20. The molecule has 0 aliphatic carbocycles. The predicted octanol–water partition coefficient (Wildman–Crippen LogP) is 4.75. The van der Waals surface area contributed by atoms with Crippen molar-refractivity contribution in [2.45, 2.75) is 26.2 Å². The molecule has 8 heteroatoms. The van der Waals surface area contributed by atoms with Gasteiger partial charge in [0.25, 0.3) is 0 Å². The molecule has 0 bridgehead atoms. The largest absolute Gasteiger partial charge is 0.356 e. The number of benzene rings is 1. The van der Waals surface area contributed by atoms with Gasteiger partial charge in [-0.05, 0) is 62.1 Å². The van der Waals surface area contributed by atoms with Crippen LogP contribution in [-0.4, -0.2) is 37.7 Å². The quantitative estimate of drug-likeness (QED) is 0.462. The van der Waals surface area contributed by atoms with Crippen molar-refractivity contribution in [3.8, 4) is 11.1 Å². The summed E-state index contributed by atoms with van der Waals surface area (Å²) >= 11 is 6.29. The van der Waals surface area contributed by atoms with Gasteiger partial charge in [-0.1, -0.05) is 11.6 Å². The zero-order valence-corrected chi connectivity index (χ0v) is 17.9. The van der Waals surface area contributed by atoms with E-state index in [9.17, 15) is 4.39 Å². The first-order chi connectivity index (χ1) is 15.1. The van der Waals surface area contributed by atoms with Gasteiger partial charge < -0.3 is 4.90 Å². The van der Waals surface area contributed by atoms with E-state index in [1.165, 1.54) is 12.1 Å². The lowest BCUT2D eigenvalue weighted by Gasteiger charge is -2.32. The summed E-state index contributed by atoms with van der Waals surface area (Å²) < 4.78 is 15.3. The van der Waals surface area contributed by atoms with Crippen LogP contribution in [0.5, 0.6) is 0 Å². The van der Waals surface area contributed by atoms with E-state index in [2.05, 4.69) is 20.0 Å². The lowest BCUT2D eigenvalue weighted by atomic mass is 9.93. The number of aromatic nitrogens is 5. The highest BCUT2D eigenvalue weighted by Crippen LogP contribution is 2.31. The molecule has 0 saturated carbocycles. The third-order valence-corrected chi connectivity index (χ3v) is 6.11. The molecule has 6 nitrogen and oxygen atoms in total. The number of halogens is 2. The average molecular weight is 437 g/mol. The van der Waals surface area contributed by atoms with Crippen molar-refractivity contribution in [3.05, 3.63) is 71.3 Å². The molecular weight excluding hydrogens is 415 g/mol. The standard InChI is InChI=1S/C23H22ClFN6/c1-15-26-9-6-22(27-15)30-11-7-16(8-12-30)13-21-28-23-19(3-2-10-31(23)29-21)18-5-4-17(25)14-20(18)24/h2-6,9-10,14,16H,7-8,11-13H2,1H3. The number of anilines is 1. The lowest BCUT2D eigenvalue weighted by molar-refractivity contribution is 0.395. The van der Waals surface area contributed by atoms with E-state index in [0.717, 1.165) is 66.6 Å². The van der Waals surface area contributed by atoms with Crippen molar-refractivity contribution in [1.29, 1.82) is 0 Å². The Bertz CT molecular complexity index is 1230. The van der Waals surface area contributed by atoms with E-state index in [4.69, 9.17) is 16.6 Å². The number of piperidine rings is 1. The molecular formula is C23H22ClFN6. The van der Waals surface area contributed by atoms with Gasteiger partial charge in [-0.25, -0.2) is 23.9 Å². The van der Waals surface area contributed by atoms with Crippen LogP contribution in [0.4, 0.5) is 10.2 Å². The molecule has 1 fully saturated rings. The number of hydrogen-bond acceptors (Lipinski definition) is 5. The minimum atomic E-state index is -0.355. The molecule has 158 valence electrons. The van der Waals surface area contributed by atoms with E-state index >= 15 is 0 Å². The number of hydrogen-bond donors (Lipinski definition) is 0. The first-order valence-corrected chi connectivity index (χ1v) is 10.8. The molecule has 0 atom stereocenters. The van der Waals surface area contributed by atoms with Crippen LogP contribution < -0.4 is 4.90 Å². The summed E-state index contributed by atoms with van der Waals surface area (Å²) in [7, 11) is 0. The normalized spacial score (nSPS) is 15.0. The van der Waals surface area contributed by atoms with Crippen LogP contribution in [-0.2, 0) is 6.42 Å². The van der Waals surface area contributed by atoms with Crippen molar-refractivity contribution >= 4 is 23.1 Å². The van der Waals surface area contributed by atoms with Crippen molar-refractivity contribution in [2.75, 3.05) is 18.0 Å². The molecule has 1 aromatic carbocycles. The minimum Gasteiger partial charge on any atom is -0.356 e. The summed E-state index contributed by atoms with van der Waals surface area (Å²) in [5.41, 5.74) is 2.33. The third-order valence-electron chi connectivity index (χ3n) is 5.80. The van der Waals surface area contributed by atoms with E-state index in [1.807, 2.05) is 37.5 Å². The van der Waals surface area contributed by atoms with E-state index in [-0.39, 0.29) is 5.82 Å². The maximum absolute atomic E-state index is 13.5. The topological polar surface area (TPSA) is 59.2 Å². The van der Waals surface area contributed by atoms with Crippen molar-refractivity contribution < 1.29 is 4.39 Å². The minimum absolute atomic E-state index is 0.355. The van der Waals surface area contributed by atoms with Gasteiger partial charge in [-0.3, -0.25) is 0 Å². The molecule has 5 rings (SSSR count). The Morgan fingerprint density at radius 2 is 1.94 bits per heavy atom. The monoisotopic (exact) mass is 436 g/mol. The van der Waals surface area contributed by atoms with Crippen LogP contribution >= 0.6 is 11.6 Å². The van der Waals surface area contributed by atoms with Gasteiger partial charge in [0.05, 0.1) is 5.02 Å². The first kappa shape index (κ1) is 19.9. The number of aryl methyl sites for hydroxylation is 1. The van der Waals surface area contributed by atoms with Crippen molar-refractivity contribution in [2.24, 2.45) is 5.92 Å². The van der Waals surface area contributed by atoms with Gasteiger partial charge in [-0.15, -0.1) is 0 Å². The number of nitrogens with zero attached hydrogens (tertiary/aromatic N) is 6. The zero-order chi connectivity index (χ0) is 21.4. The first-order valence-electron chi connectivity index (χ1n) is 10.4. The number of fused-ring (bicyclic) bond motifs is 1. The molecule has 4 heterocycles. The summed E-state index contributed by atoms with van der Waals surface area (Å²) in [6, 6.07) is 10.2. The summed E-state index contributed by atoms with van der Waals surface area (Å²) in [5.74, 6) is 2.78. The molecule has 1 aliphatic rings. The SMILES string of the molecule is Cc1nccc(N2CCC(Cc3nc4c(-c5ccc(F)cc5Cl)cccn4n3)CC2)n1. The van der Waals surface area contributed by atoms with Crippen molar-refractivity contribution in [3.63, 3.8) is 0 Å². The van der Waals surface area contributed by atoms with Crippen LogP contribution in [0.2, 0.25) is 5.02 Å². The Hall–Kier alpha value is -3.06. The average Bonchev–Trinajstić information content (AvgIpc) is 3.17. The van der Waals surface area contributed by atoms with Crippen LogP contribution in [0.25, 0.3) is 16.8 Å². The Morgan fingerprint density at radius 1 is 1.10 bits per heavy atom. The van der Waals surface area contributed by atoms with Crippen LogP contribution in [0.15, 0.2) is 48.8 Å².